The molecule has 0 saturated heterocycles. The second kappa shape index (κ2) is 6.68. The Morgan fingerprint density at radius 1 is 1.00 bits per heavy atom. The summed E-state index contributed by atoms with van der Waals surface area (Å²) >= 11 is 0. The van der Waals surface area contributed by atoms with E-state index in [1.165, 1.54) is 25.7 Å². The molecule has 0 spiro atoms. The molecule has 1 aromatic rings. The Kier molecular flexibility index (Phi) is 5.54. The van der Waals surface area contributed by atoms with Gasteiger partial charge in [0.25, 0.3) is 0 Å². The van der Waals surface area contributed by atoms with Crippen LogP contribution in [0.1, 0.15) is 64.9 Å². The molecular formula is C16H26O. The molecule has 0 aliphatic heterocycles. The molecule has 0 amide bonds. The predicted molar refractivity (Wildman–Crippen MR) is 74.5 cm³/mol. The van der Waals surface area contributed by atoms with Gasteiger partial charge in [-0.3, -0.25) is 0 Å². The summed E-state index contributed by atoms with van der Waals surface area (Å²) < 4.78 is 0. The van der Waals surface area contributed by atoms with Gasteiger partial charge in [0.2, 0.25) is 0 Å². The number of para-hydroxylation sites is 1. The van der Waals surface area contributed by atoms with Crippen molar-refractivity contribution in [1.29, 1.82) is 0 Å². The lowest BCUT2D eigenvalue weighted by Crippen LogP contribution is -2.24. The SMILES string of the molecule is CCCCCC(CC)(CC)c1ccccc1O. The maximum absolute atomic E-state index is 10.1. The normalized spacial score (nSPS) is 11.7. The van der Waals surface area contributed by atoms with Crippen LogP contribution < -0.4 is 0 Å². The summed E-state index contributed by atoms with van der Waals surface area (Å²) in [6.07, 6.45) is 7.19. The second-order valence-corrected chi connectivity index (χ2v) is 4.96. The molecule has 1 nitrogen and oxygen atoms in total. The first kappa shape index (κ1) is 14.1. The molecule has 0 aromatic heterocycles. The van der Waals surface area contributed by atoms with Gasteiger partial charge in [-0.1, -0.05) is 58.2 Å². The molecule has 1 heteroatoms. The molecule has 1 N–H and O–H groups in total. The van der Waals surface area contributed by atoms with Gasteiger partial charge in [0.15, 0.2) is 0 Å². The summed E-state index contributed by atoms with van der Waals surface area (Å²) in [7, 11) is 0. The molecule has 0 saturated carbocycles. The predicted octanol–water partition coefficient (Wildman–Crippen LogP) is 5.03. The highest BCUT2D eigenvalue weighted by atomic mass is 16.3. The number of unbranched alkanes of at least 4 members (excludes halogenated alkanes) is 2. The molecule has 1 aromatic carbocycles. The first-order chi connectivity index (χ1) is 8.20. The minimum absolute atomic E-state index is 0.167. The van der Waals surface area contributed by atoms with E-state index in [1.807, 2.05) is 18.2 Å². The van der Waals surface area contributed by atoms with E-state index in [4.69, 9.17) is 0 Å². The van der Waals surface area contributed by atoms with Crippen molar-refractivity contribution in [3.05, 3.63) is 29.8 Å². The summed E-state index contributed by atoms with van der Waals surface area (Å²) in [4.78, 5) is 0. The Morgan fingerprint density at radius 3 is 2.18 bits per heavy atom. The largest absolute Gasteiger partial charge is 0.508 e. The smallest absolute Gasteiger partial charge is 0.119 e. The van der Waals surface area contributed by atoms with Crippen molar-refractivity contribution in [2.75, 3.05) is 0 Å². The van der Waals surface area contributed by atoms with Crippen LogP contribution in [0, 0.1) is 0 Å². The fourth-order valence-electron chi connectivity index (χ4n) is 2.75. The van der Waals surface area contributed by atoms with E-state index in [2.05, 4.69) is 26.8 Å². The van der Waals surface area contributed by atoms with Gasteiger partial charge in [-0.15, -0.1) is 0 Å². The molecular weight excluding hydrogens is 208 g/mol. The molecule has 0 atom stereocenters. The van der Waals surface area contributed by atoms with Crippen molar-refractivity contribution in [2.45, 2.75) is 64.7 Å². The van der Waals surface area contributed by atoms with Crippen LogP contribution in [0.2, 0.25) is 0 Å². The standard InChI is InChI=1S/C16H26O/c1-4-7-10-13-16(5-2,6-3)14-11-8-9-12-15(14)17/h8-9,11-12,17H,4-7,10,13H2,1-3H3. The van der Waals surface area contributed by atoms with E-state index in [0.717, 1.165) is 18.4 Å². The van der Waals surface area contributed by atoms with E-state index in [1.54, 1.807) is 0 Å². The Labute approximate surface area is 106 Å². The zero-order valence-electron chi connectivity index (χ0n) is 11.5. The molecule has 1 rings (SSSR count). The van der Waals surface area contributed by atoms with Crippen LogP contribution in [0.15, 0.2) is 24.3 Å². The van der Waals surface area contributed by atoms with E-state index in [-0.39, 0.29) is 5.41 Å². The van der Waals surface area contributed by atoms with Gasteiger partial charge in [-0.05, 0) is 30.7 Å². The third-order valence-corrected chi connectivity index (χ3v) is 4.09. The van der Waals surface area contributed by atoms with Crippen LogP contribution in [0.5, 0.6) is 5.75 Å². The van der Waals surface area contributed by atoms with Crippen LogP contribution in [-0.2, 0) is 5.41 Å². The fourth-order valence-corrected chi connectivity index (χ4v) is 2.75. The topological polar surface area (TPSA) is 20.2 Å². The first-order valence-corrected chi connectivity index (χ1v) is 6.98. The van der Waals surface area contributed by atoms with Crippen molar-refractivity contribution >= 4 is 0 Å². The maximum Gasteiger partial charge on any atom is 0.119 e. The van der Waals surface area contributed by atoms with Crippen LogP contribution in [-0.4, -0.2) is 5.11 Å². The van der Waals surface area contributed by atoms with Gasteiger partial charge in [-0.25, -0.2) is 0 Å². The number of benzene rings is 1. The number of rotatable bonds is 7. The van der Waals surface area contributed by atoms with E-state index >= 15 is 0 Å². The zero-order chi connectivity index (χ0) is 12.7. The Balaban J connectivity index is 2.94. The van der Waals surface area contributed by atoms with E-state index < -0.39 is 0 Å². The highest BCUT2D eigenvalue weighted by Gasteiger charge is 2.29. The molecule has 0 bridgehead atoms. The van der Waals surface area contributed by atoms with Crippen molar-refractivity contribution < 1.29 is 5.11 Å². The van der Waals surface area contributed by atoms with Gasteiger partial charge in [-0.2, -0.15) is 0 Å². The van der Waals surface area contributed by atoms with E-state index in [0.29, 0.717) is 5.75 Å². The molecule has 17 heavy (non-hydrogen) atoms. The number of hydrogen-bond acceptors (Lipinski definition) is 1. The average molecular weight is 234 g/mol. The summed E-state index contributed by atoms with van der Waals surface area (Å²) in [5.74, 6) is 0.465. The summed E-state index contributed by atoms with van der Waals surface area (Å²) in [5, 5.41) is 10.1. The minimum atomic E-state index is 0.167. The van der Waals surface area contributed by atoms with Crippen LogP contribution >= 0.6 is 0 Å². The lowest BCUT2D eigenvalue weighted by atomic mass is 9.72. The van der Waals surface area contributed by atoms with Gasteiger partial charge in [0.1, 0.15) is 5.75 Å². The Morgan fingerprint density at radius 2 is 1.65 bits per heavy atom. The van der Waals surface area contributed by atoms with Crippen molar-refractivity contribution in [3.63, 3.8) is 0 Å². The van der Waals surface area contributed by atoms with Gasteiger partial charge < -0.3 is 5.11 Å². The monoisotopic (exact) mass is 234 g/mol. The molecule has 0 unspecified atom stereocenters. The number of aromatic hydroxyl groups is 1. The molecule has 96 valence electrons. The van der Waals surface area contributed by atoms with E-state index in [9.17, 15) is 5.11 Å². The summed E-state index contributed by atoms with van der Waals surface area (Å²) in [6, 6.07) is 7.85. The van der Waals surface area contributed by atoms with Crippen molar-refractivity contribution in [3.8, 4) is 5.75 Å². The molecule has 0 fully saturated rings. The number of hydrogen-bond donors (Lipinski definition) is 1. The first-order valence-electron chi connectivity index (χ1n) is 6.98. The van der Waals surface area contributed by atoms with Crippen molar-refractivity contribution in [1.82, 2.24) is 0 Å². The minimum Gasteiger partial charge on any atom is -0.508 e. The lowest BCUT2D eigenvalue weighted by Gasteiger charge is -2.33. The second-order valence-electron chi connectivity index (χ2n) is 4.96. The molecule has 0 heterocycles. The Bertz CT molecular complexity index is 326. The van der Waals surface area contributed by atoms with Crippen molar-refractivity contribution in [2.24, 2.45) is 0 Å². The summed E-state index contributed by atoms with van der Waals surface area (Å²) in [6.45, 7) is 6.71. The third kappa shape index (κ3) is 3.24. The quantitative estimate of drug-likeness (QED) is 0.656. The van der Waals surface area contributed by atoms with Crippen LogP contribution in [0.4, 0.5) is 0 Å². The van der Waals surface area contributed by atoms with Gasteiger partial charge in [0.05, 0.1) is 0 Å². The number of phenols is 1. The number of phenolic OH excluding ortho intramolecular Hbond substituents is 1. The Hall–Kier alpha value is -0.980. The molecule has 0 radical (unpaired) electrons. The van der Waals surface area contributed by atoms with Crippen LogP contribution in [0.25, 0.3) is 0 Å². The highest BCUT2D eigenvalue weighted by molar-refractivity contribution is 5.38. The van der Waals surface area contributed by atoms with Gasteiger partial charge >= 0.3 is 0 Å². The third-order valence-electron chi connectivity index (χ3n) is 4.09. The van der Waals surface area contributed by atoms with Crippen LogP contribution in [0.3, 0.4) is 0 Å². The maximum atomic E-state index is 10.1. The zero-order valence-corrected chi connectivity index (χ0v) is 11.5. The fraction of sp³-hybridized carbons (Fsp3) is 0.625. The molecule has 0 aliphatic rings. The average Bonchev–Trinajstić information content (AvgIpc) is 2.36. The summed E-state index contributed by atoms with van der Waals surface area (Å²) in [5.41, 5.74) is 1.31. The van der Waals surface area contributed by atoms with Gasteiger partial charge in [0, 0.05) is 5.56 Å². The molecule has 0 aliphatic carbocycles. The highest BCUT2D eigenvalue weighted by Crippen LogP contribution is 2.40. The lowest BCUT2D eigenvalue weighted by molar-refractivity contribution is 0.333.